The Labute approximate surface area is 182 Å². The van der Waals surface area contributed by atoms with Crippen molar-refractivity contribution >= 4 is 17.4 Å². The maximum absolute atomic E-state index is 12.4. The molecule has 2 rings (SSSR count). The number of nitrogens with zero attached hydrogens (tertiary/aromatic N) is 1. The Morgan fingerprint density at radius 3 is 1.90 bits per heavy atom. The van der Waals surface area contributed by atoms with Gasteiger partial charge in [0.15, 0.2) is 5.84 Å². The summed E-state index contributed by atoms with van der Waals surface area (Å²) in [6, 6.07) is 8.04. The van der Waals surface area contributed by atoms with Crippen molar-refractivity contribution in [1.82, 2.24) is 0 Å². The Balaban J connectivity index is 1.53. The van der Waals surface area contributed by atoms with E-state index >= 15 is 0 Å². The van der Waals surface area contributed by atoms with Crippen LogP contribution in [0.5, 0.6) is 0 Å². The Bertz CT molecular complexity index is 651. The predicted octanol–water partition coefficient (Wildman–Crippen LogP) is 6.40. The van der Waals surface area contributed by atoms with Gasteiger partial charge in [0.2, 0.25) is 5.91 Å². The number of aryl methyl sites for hydroxylation is 1. The van der Waals surface area contributed by atoms with E-state index in [1.54, 1.807) is 0 Å². The fourth-order valence-corrected chi connectivity index (χ4v) is 4.00. The third-order valence-corrected chi connectivity index (χ3v) is 6.31. The summed E-state index contributed by atoms with van der Waals surface area (Å²) in [7, 11) is 0. The SMILES string of the molecule is CCCCCCCCCCCCCCc1ccc(NC(=O)C2(/C(N)=N/O)CC2)cc1. The summed E-state index contributed by atoms with van der Waals surface area (Å²) in [6.07, 6.45) is 18.7. The summed E-state index contributed by atoms with van der Waals surface area (Å²) in [5.74, 6) is -0.185. The number of carbonyl (C=O) groups is 1. The third-order valence-electron chi connectivity index (χ3n) is 6.31. The molecule has 1 aliphatic carbocycles. The number of oxime groups is 1. The zero-order chi connectivity index (χ0) is 21.7. The quantitative estimate of drug-likeness (QED) is 0.0960. The Kier molecular flexibility index (Phi) is 10.7. The third kappa shape index (κ3) is 8.00. The number of nitrogens with two attached hydrogens (primary N) is 1. The zero-order valence-corrected chi connectivity index (χ0v) is 18.8. The van der Waals surface area contributed by atoms with Gasteiger partial charge >= 0.3 is 0 Å². The number of amidine groups is 1. The highest BCUT2D eigenvalue weighted by atomic mass is 16.4. The predicted molar refractivity (Wildman–Crippen MR) is 125 cm³/mol. The lowest BCUT2D eigenvalue weighted by Gasteiger charge is -2.14. The van der Waals surface area contributed by atoms with Gasteiger partial charge in [0.1, 0.15) is 5.41 Å². The molecule has 4 N–H and O–H groups in total. The van der Waals surface area contributed by atoms with Gasteiger partial charge in [0, 0.05) is 5.69 Å². The molecule has 30 heavy (non-hydrogen) atoms. The van der Waals surface area contributed by atoms with E-state index in [0.717, 1.165) is 12.1 Å². The molecule has 1 aromatic rings. The van der Waals surface area contributed by atoms with E-state index in [0.29, 0.717) is 12.8 Å². The van der Waals surface area contributed by atoms with E-state index in [1.165, 1.54) is 82.6 Å². The first kappa shape index (κ1) is 24.2. The van der Waals surface area contributed by atoms with Crippen LogP contribution in [0, 0.1) is 5.41 Å². The highest BCUT2D eigenvalue weighted by Crippen LogP contribution is 2.46. The number of unbranched alkanes of at least 4 members (excludes halogenated alkanes) is 11. The minimum atomic E-state index is -0.817. The molecule has 0 bridgehead atoms. The fourth-order valence-electron chi connectivity index (χ4n) is 4.00. The van der Waals surface area contributed by atoms with Crippen LogP contribution in [0.15, 0.2) is 29.4 Å². The van der Waals surface area contributed by atoms with Gasteiger partial charge in [-0.3, -0.25) is 4.79 Å². The maximum Gasteiger partial charge on any atom is 0.238 e. The van der Waals surface area contributed by atoms with Gasteiger partial charge in [-0.25, -0.2) is 0 Å². The van der Waals surface area contributed by atoms with Crippen LogP contribution in [0.25, 0.3) is 0 Å². The highest BCUT2D eigenvalue weighted by Gasteiger charge is 2.54. The monoisotopic (exact) mass is 415 g/mol. The van der Waals surface area contributed by atoms with Crippen molar-refractivity contribution in [1.29, 1.82) is 0 Å². The lowest BCUT2D eigenvalue weighted by molar-refractivity contribution is -0.119. The molecule has 1 fully saturated rings. The molecule has 5 nitrogen and oxygen atoms in total. The molecule has 0 radical (unpaired) electrons. The van der Waals surface area contributed by atoms with Gasteiger partial charge in [0.05, 0.1) is 0 Å². The second kappa shape index (κ2) is 13.3. The second-order valence-corrected chi connectivity index (χ2v) is 8.86. The van der Waals surface area contributed by atoms with Crippen LogP contribution < -0.4 is 11.1 Å². The number of hydrogen-bond acceptors (Lipinski definition) is 3. The first-order chi connectivity index (χ1) is 14.6. The molecular weight excluding hydrogens is 374 g/mol. The number of amides is 1. The standard InChI is InChI=1S/C25H41N3O2/c1-2-3-4-5-6-7-8-9-10-11-12-13-14-21-15-17-22(18-16-21)27-24(29)25(19-20-25)23(26)28-30/h15-18,30H,2-14,19-20H2,1H3,(H2,26,28)(H,27,29). The average molecular weight is 416 g/mol. The number of rotatable bonds is 16. The second-order valence-electron chi connectivity index (χ2n) is 8.86. The molecule has 0 atom stereocenters. The van der Waals surface area contributed by atoms with Gasteiger partial charge in [-0.1, -0.05) is 94.8 Å². The topological polar surface area (TPSA) is 87.7 Å². The number of anilines is 1. The summed E-state index contributed by atoms with van der Waals surface area (Å²) in [6.45, 7) is 2.27. The van der Waals surface area contributed by atoms with Crippen LogP contribution in [0.4, 0.5) is 5.69 Å². The molecule has 1 amide bonds. The summed E-state index contributed by atoms with van der Waals surface area (Å²) in [5.41, 5.74) is 6.91. The van der Waals surface area contributed by atoms with Crippen molar-refractivity contribution in [3.63, 3.8) is 0 Å². The molecule has 0 aliphatic heterocycles. The van der Waals surface area contributed by atoms with Crippen molar-refractivity contribution in [2.24, 2.45) is 16.3 Å². The van der Waals surface area contributed by atoms with Crippen LogP contribution in [0.1, 0.15) is 102 Å². The lowest BCUT2D eigenvalue weighted by Crippen LogP contribution is -2.36. The average Bonchev–Trinajstić information content (AvgIpc) is 3.57. The van der Waals surface area contributed by atoms with E-state index in [2.05, 4.69) is 29.5 Å². The first-order valence-electron chi connectivity index (χ1n) is 12.0. The van der Waals surface area contributed by atoms with E-state index in [4.69, 9.17) is 10.9 Å². The maximum atomic E-state index is 12.4. The van der Waals surface area contributed by atoms with E-state index in [1.807, 2.05) is 12.1 Å². The summed E-state index contributed by atoms with van der Waals surface area (Å²) >= 11 is 0. The van der Waals surface area contributed by atoms with Crippen LogP contribution in [0.3, 0.4) is 0 Å². The van der Waals surface area contributed by atoms with Gasteiger partial charge in [-0.2, -0.15) is 0 Å². The molecule has 0 aromatic heterocycles. The van der Waals surface area contributed by atoms with E-state index in [-0.39, 0.29) is 11.7 Å². The molecule has 0 spiro atoms. The zero-order valence-electron chi connectivity index (χ0n) is 18.8. The van der Waals surface area contributed by atoms with E-state index in [9.17, 15) is 4.79 Å². The fraction of sp³-hybridized carbons (Fsp3) is 0.680. The van der Waals surface area contributed by atoms with Crippen molar-refractivity contribution in [2.75, 3.05) is 5.32 Å². The Hall–Kier alpha value is -2.04. The Morgan fingerprint density at radius 2 is 1.43 bits per heavy atom. The molecule has 1 aliphatic rings. The van der Waals surface area contributed by atoms with E-state index < -0.39 is 5.41 Å². The minimum Gasteiger partial charge on any atom is -0.409 e. The number of hydrogen-bond donors (Lipinski definition) is 3. The van der Waals surface area contributed by atoms with Crippen molar-refractivity contribution < 1.29 is 10.0 Å². The largest absolute Gasteiger partial charge is 0.409 e. The minimum absolute atomic E-state index is 0.00333. The summed E-state index contributed by atoms with van der Waals surface area (Å²) in [4.78, 5) is 12.4. The number of nitrogens with one attached hydrogen (secondary N) is 1. The smallest absolute Gasteiger partial charge is 0.238 e. The summed E-state index contributed by atoms with van der Waals surface area (Å²) in [5, 5.41) is 14.8. The van der Waals surface area contributed by atoms with Gasteiger partial charge in [-0.05, 0) is 43.4 Å². The molecule has 5 heteroatoms. The molecule has 168 valence electrons. The number of benzene rings is 1. The van der Waals surface area contributed by atoms with Crippen LogP contribution >= 0.6 is 0 Å². The van der Waals surface area contributed by atoms with Crippen LogP contribution in [-0.4, -0.2) is 17.0 Å². The van der Waals surface area contributed by atoms with Gasteiger partial charge in [-0.15, -0.1) is 0 Å². The Morgan fingerprint density at radius 1 is 0.933 bits per heavy atom. The van der Waals surface area contributed by atoms with Crippen LogP contribution in [-0.2, 0) is 11.2 Å². The molecule has 0 saturated heterocycles. The molecule has 0 unspecified atom stereocenters. The number of carbonyl (C=O) groups excluding carboxylic acids is 1. The normalized spacial score (nSPS) is 15.2. The first-order valence-corrected chi connectivity index (χ1v) is 12.0. The van der Waals surface area contributed by atoms with Crippen molar-refractivity contribution in [3.8, 4) is 0 Å². The molecule has 0 heterocycles. The molecule has 1 saturated carbocycles. The lowest BCUT2D eigenvalue weighted by atomic mass is 10.0. The molecular formula is C25H41N3O2. The molecule has 1 aromatic carbocycles. The van der Waals surface area contributed by atoms with Crippen LogP contribution in [0.2, 0.25) is 0 Å². The van der Waals surface area contributed by atoms with Crippen molar-refractivity contribution in [2.45, 2.75) is 103 Å². The van der Waals surface area contributed by atoms with Gasteiger partial charge in [0.25, 0.3) is 0 Å². The highest BCUT2D eigenvalue weighted by molar-refractivity contribution is 6.14. The van der Waals surface area contributed by atoms with Gasteiger partial charge < -0.3 is 16.3 Å². The van der Waals surface area contributed by atoms with Crippen molar-refractivity contribution in [3.05, 3.63) is 29.8 Å². The summed E-state index contributed by atoms with van der Waals surface area (Å²) < 4.78 is 0.